The number of morpholine rings is 1. The lowest BCUT2D eigenvalue weighted by atomic mass is 10.1. The highest BCUT2D eigenvalue weighted by Crippen LogP contribution is 2.27. The van der Waals surface area contributed by atoms with E-state index in [0.717, 1.165) is 4.47 Å². The molecule has 0 saturated carbocycles. The van der Waals surface area contributed by atoms with E-state index in [2.05, 4.69) is 15.9 Å². The molecular weight excluding hydrogens is 366 g/mol. The predicted molar refractivity (Wildman–Crippen MR) is 87.8 cm³/mol. The Hall–Kier alpha value is -1.60. The van der Waals surface area contributed by atoms with E-state index in [1.165, 1.54) is 0 Å². The first-order valence-corrected chi connectivity index (χ1v) is 8.25. The van der Waals surface area contributed by atoms with Crippen molar-refractivity contribution in [2.24, 2.45) is 0 Å². The maximum absolute atomic E-state index is 12.8. The van der Waals surface area contributed by atoms with Crippen molar-refractivity contribution in [3.05, 3.63) is 28.2 Å². The molecule has 1 heterocycles. The first-order chi connectivity index (χ1) is 10.9. The Labute approximate surface area is 143 Å². The maximum Gasteiger partial charge on any atom is 0.306 e. The molecule has 2 rings (SSSR count). The van der Waals surface area contributed by atoms with Gasteiger partial charge in [-0.3, -0.25) is 9.59 Å². The molecule has 1 N–H and O–H groups in total. The number of halogens is 1. The van der Waals surface area contributed by atoms with E-state index in [1.54, 1.807) is 23.1 Å². The highest BCUT2D eigenvalue weighted by atomic mass is 79.9. The molecule has 6 nitrogen and oxygen atoms in total. The van der Waals surface area contributed by atoms with Crippen molar-refractivity contribution in [2.75, 3.05) is 19.7 Å². The van der Waals surface area contributed by atoms with Crippen molar-refractivity contribution in [3.8, 4) is 5.75 Å². The van der Waals surface area contributed by atoms with Crippen LogP contribution >= 0.6 is 15.9 Å². The highest BCUT2D eigenvalue weighted by molar-refractivity contribution is 9.10. The number of benzene rings is 1. The van der Waals surface area contributed by atoms with Crippen LogP contribution in [0.5, 0.6) is 5.75 Å². The molecule has 1 fully saturated rings. The van der Waals surface area contributed by atoms with Crippen LogP contribution in [0.1, 0.15) is 30.6 Å². The van der Waals surface area contributed by atoms with Crippen LogP contribution in [0.25, 0.3) is 0 Å². The molecular formula is C16H20BrNO5. The van der Waals surface area contributed by atoms with Crippen molar-refractivity contribution in [1.82, 2.24) is 4.90 Å². The minimum absolute atomic E-state index is 0.0553. The smallest absolute Gasteiger partial charge is 0.306 e. The number of hydrogen-bond acceptors (Lipinski definition) is 4. The van der Waals surface area contributed by atoms with Gasteiger partial charge in [0.05, 0.1) is 30.8 Å². The summed E-state index contributed by atoms with van der Waals surface area (Å²) in [7, 11) is 0. The monoisotopic (exact) mass is 385 g/mol. The number of amides is 1. The third-order valence-corrected chi connectivity index (χ3v) is 3.86. The van der Waals surface area contributed by atoms with Gasteiger partial charge in [-0.15, -0.1) is 0 Å². The van der Waals surface area contributed by atoms with E-state index >= 15 is 0 Å². The first kappa shape index (κ1) is 17.7. The summed E-state index contributed by atoms with van der Waals surface area (Å²) in [6.07, 6.45) is -0.644. The Kier molecular flexibility index (Phi) is 6.01. The molecule has 1 unspecified atom stereocenters. The largest absolute Gasteiger partial charge is 0.490 e. The fraction of sp³-hybridized carbons (Fsp3) is 0.500. The van der Waals surface area contributed by atoms with Crippen molar-refractivity contribution in [1.29, 1.82) is 0 Å². The van der Waals surface area contributed by atoms with Crippen LogP contribution in [0.4, 0.5) is 0 Å². The van der Waals surface area contributed by atoms with Gasteiger partial charge < -0.3 is 19.5 Å². The quantitative estimate of drug-likeness (QED) is 0.842. The van der Waals surface area contributed by atoms with Crippen LogP contribution in [0.15, 0.2) is 22.7 Å². The zero-order valence-corrected chi connectivity index (χ0v) is 14.7. The Morgan fingerprint density at radius 1 is 1.48 bits per heavy atom. The topological polar surface area (TPSA) is 76.1 Å². The number of rotatable bonds is 5. The lowest BCUT2D eigenvalue weighted by Crippen LogP contribution is -2.46. The zero-order valence-electron chi connectivity index (χ0n) is 13.1. The summed E-state index contributed by atoms with van der Waals surface area (Å²) in [5.74, 6) is -0.593. The minimum Gasteiger partial charge on any atom is -0.490 e. The number of carbonyl (C=O) groups excluding carboxylic acids is 1. The standard InChI is InChI=1S/C16H20BrNO5/c1-10(2)23-14-7-11(17)3-4-13(14)16(21)18-5-6-22-12(9-18)8-15(19)20/h3-4,7,10,12H,5-6,8-9H2,1-2H3,(H,19,20). The van der Waals surface area contributed by atoms with E-state index < -0.39 is 12.1 Å². The van der Waals surface area contributed by atoms with Crippen LogP contribution in [0.2, 0.25) is 0 Å². The molecule has 1 saturated heterocycles. The van der Waals surface area contributed by atoms with Crippen LogP contribution < -0.4 is 4.74 Å². The van der Waals surface area contributed by atoms with E-state index in [4.69, 9.17) is 14.6 Å². The number of hydrogen-bond donors (Lipinski definition) is 1. The van der Waals surface area contributed by atoms with Gasteiger partial charge in [0.25, 0.3) is 5.91 Å². The molecule has 0 spiro atoms. The normalized spacial score (nSPS) is 18.1. The zero-order chi connectivity index (χ0) is 17.0. The second-order valence-electron chi connectivity index (χ2n) is 5.65. The number of carbonyl (C=O) groups is 2. The molecule has 0 radical (unpaired) electrons. The number of carboxylic acids is 1. The molecule has 1 atom stereocenters. The van der Waals surface area contributed by atoms with Gasteiger partial charge in [0.1, 0.15) is 5.75 Å². The van der Waals surface area contributed by atoms with Crippen molar-refractivity contribution in [2.45, 2.75) is 32.5 Å². The van der Waals surface area contributed by atoms with Crippen molar-refractivity contribution >= 4 is 27.8 Å². The lowest BCUT2D eigenvalue weighted by molar-refractivity contribution is -0.141. The number of ether oxygens (including phenoxy) is 2. The number of aliphatic carboxylic acids is 1. The van der Waals surface area contributed by atoms with Gasteiger partial charge in [0, 0.05) is 17.6 Å². The van der Waals surface area contributed by atoms with Gasteiger partial charge in [-0.2, -0.15) is 0 Å². The van der Waals surface area contributed by atoms with Crippen molar-refractivity contribution < 1.29 is 24.2 Å². The molecule has 1 amide bonds. The molecule has 126 valence electrons. The van der Waals surface area contributed by atoms with Crippen molar-refractivity contribution in [3.63, 3.8) is 0 Å². The summed E-state index contributed by atoms with van der Waals surface area (Å²) in [5, 5.41) is 8.87. The molecule has 1 aromatic carbocycles. The van der Waals surface area contributed by atoms with Gasteiger partial charge in [-0.1, -0.05) is 15.9 Å². The second kappa shape index (κ2) is 7.79. The maximum atomic E-state index is 12.8. The van der Waals surface area contributed by atoms with Crippen LogP contribution in [-0.4, -0.2) is 53.8 Å². The molecule has 7 heteroatoms. The van der Waals surface area contributed by atoms with E-state index in [1.807, 2.05) is 13.8 Å². The lowest BCUT2D eigenvalue weighted by Gasteiger charge is -2.32. The Balaban J connectivity index is 2.17. The molecule has 0 bridgehead atoms. The van der Waals surface area contributed by atoms with E-state index in [0.29, 0.717) is 24.5 Å². The van der Waals surface area contributed by atoms with Gasteiger partial charge >= 0.3 is 5.97 Å². The molecule has 1 aromatic rings. The van der Waals surface area contributed by atoms with Gasteiger partial charge in [-0.05, 0) is 32.0 Å². The molecule has 1 aliphatic heterocycles. The van der Waals surface area contributed by atoms with Crippen LogP contribution in [0.3, 0.4) is 0 Å². The minimum atomic E-state index is -0.934. The summed E-state index contributed by atoms with van der Waals surface area (Å²) in [4.78, 5) is 25.2. The third kappa shape index (κ3) is 4.94. The third-order valence-electron chi connectivity index (χ3n) is 3.37. The van der Waals surface area contributed by atoms with Gasteiger partial charge in [0.15, 0.2) is 0 Å². The Morgan fingerprint density at radius 2 is 2.22 bits per heavy atom. The molecule has 0 aromatic heterocycles. The van der Waals surface area contributed by atoms with E-state index in [9.17, 15) is 9.59 Å². The average molecular weight is 386 g/mol. The Bertz CT molecular complexity index is 590. The Morgan fingerprint density at radius 3 is 2.87 bits per heavy atom. The SMILES string of the molecule is CC(C)Oc1cc(Br)ccc1C(=O)N1CCOC(CC(=O)O)C1. The first-order valence-electron chi connectivity index (χ1n) is 7.45. The summed E-state index contributed by atoms with van der Waals surface area (Å²) >= 11 is 3.38. The molecule has 1 aliphatic rings. The molecule has 0 aliphatic carbocycles. The predicted octanol–water partition coefficient (Wildman–Crippen LogP) is 2.55. The fourth-order valence-electron chi connectivity index (χ4n) is 2.42. The van der Waals surface area contributed by atoms with Crippen LogP contribution in [-0.2, 0) is 9.53 Å². The fourth-order valence-corrected chi connectivity index (χ4v) is 2.76. The number of carboxylic acid groups (broad SMARTS) is 1. The summed E-state index contributed by atoms with van der Waals surface area (Å²) in [6, 6.07) is 5.27. The summed E-state index contributed by atoms with van der Waals surface area (Å²) < 4.78 is 12.0. The second-order valence-corrected chi connectivity index (χ2v) is 6.56. The number of nitrogens with zero attached hydrogens (tertiary/aromatic N) is 1. The highest BCUT2D eigenvalue weighted by Gasteiger charge is 2.28. The summed E-state index contributed by atoms with van der Waals surface area (Å²) in [6.45, 7) is 4.83. The van der Waals surface area contributed by atoms with Gasteiger partial charge in [-0.25, -0.2) is 0 Å². The van der Waals surface area contributed by atoms with Gasteiger partial charge in [0.2, 0.25) is 0 Å². The molecule has 23 heavy (non-hydrogen) atoms. The van der Waals surface area contributed by atoms with Crippen LogP contribution in [0, 0.1) is 0 Å². The van der Waals surface area contributed by atoms with E-state index in [-0.39, 0.29) is 25.0 Å². The average Bonchev–Trinajstić information content (AvgIpc) is 2.45. The summed E-state index contributed by atoms with van der Waals surface area (Å²) in [5.41, 5.74) is 0.470.